The van der Waals surface area contributed by atoms with E-state index >= 15 is 0 Å². The van der Waals surface area contributed by atoms with E-state index in [-0.39, 0.29) is 33.9 Å². The zero-order valence-electron chi connectivity index (χ0n) is 14.7. The van der Waals surface area contributed by atoms with Gasteiger partial charge in [0, 0.05) is 23.4 Å². The predicted octanol–water partition coefficient (Wildman–Crippen LogP) is 2.00. The van der Waals surface area contributed by atoms with Crippen molar-refractivity contribution in [3.05, 3.63) is 64.2 Å². The fourth-order valence-electron chi connectivity index (χ4n) is 2.36. The Bertz CT molecular complexity index is 1080. The number of carbonyl (C=O) groups is 2. The van der Waals surface area contributed by atoms with Gasteiger partial charge in [0.05, 0.1) is 16.2 Å². The van der Waals surface area contributed by atoms with Crippen LogP contribution in [0.2, 0.25) is 0 Å². The molecule has 0 saturated heterocycles. The third kappa shape index (κ3) is 4.68. The Hall–Kier alpha value is -3.93. The smallest absolute Gasteiger partial charge is 0.335 e. The number of nitrogen functional groups attached to an aromatic ring is 1. The van der Waals surface area contributed by atoms with Crippen LogP contribution in [0.5, 0.6) is 0 Å². The summed E-state index contributed by atoms with van der Waals surface area (Å²) in [5.74, 6) is 4.75. The zero-order chi connectivity index (χ0) is 21.0. The van der Waals surface area contributed by atoms with Gasteiger partial charge in [0.1, 0.15) is 0 Å². The molecule has 1 heterocycles. The molecule has 0 aliphatic carbocycles. The monoisotopic (exact) mass is 414 g/mol. The van der Waals surface area contributed by atoms with Crippen molar-refractivity contribution in [2.75, 3.05) is 16.9 Å². The van der Waals surface area contributed by atoms with Crippen LogP contribution in [0.15, 0.2) is 53.7 Å². The maximum absolute atomic E-state index is 12.1. The van der Waals surface area contributed by atoms with Crippen molar-refractivity contribution < 1.29 is 19.6 Å². The number of nitrogens with two attached hydrogens (primary N) is 1. The lowest BCUT2D eigenvalue weighted by atomic mass is 10.2. The molecule has 0 radical (unpaired) electrons. The third-order valence-electron chi connectivity index (χ3n) is 3.73. The number of rotatable bonds is 7. The largest absolute Gasteiger partial charge is 0.478 e. The molecule has 0 fully saturated rings. The second-order valence-electron chi connectivity index (χ2n) is 5.70. The van der Waals surface area contributed by atoms with Crippen LogP contribution < -0.4 is 11.2 Å². The number of carboxylic acids is 1. The minimum atomic E-state index is -1.09. The van der Waals surface area contributed by atoms with Gasteiger partial charge in [-0.1, -0.05) is 17.8 Å². The van der Waals surface area contributed by atoms with Crippen LogP contribution in [0.3, 0.4) is 0 Å². The molecule has 11 nitrogen and oxygen atoms in total. The number of hydrogen-bond acceptors (Lipinski definition) is 8. The van der Waals surface area contributed by atoms with E-state index in [2.05, 4.69) is 15.5 Å². The Kier molecular flexibility index (Phi) is 5.74. The lowest BCUT2D eigenvalue weighted by molar-refractivity contribution is -0.384. The number of carbonyl (C=O) groups excluding carboxylic acids is 1. The second kappa shape index (κ2) is 8.39. The quantitative estimate of drug-likeness (QED) is 0.227. The van der Waals surface area contributed by atoms with Gasteiger partial charge in [0.2, 0.25) is 11.1 Å². The van der Waals surface area contributed by atoms with Gasteiger partial charge in [0.15, 0.2) is 5.82 Å². The minimum absolute atomic E-state index is 0.0348. The number of thioether (sulfide) groups is 1. The molecule has 1 aromatic heterocycles. The molecule has 4 N–H and O–H groups in total. The van der Waals surface area contributed by atoms with Gasteiger partial charge in [-0.3, -0.25) is 14.9 Å². The van der Waals surface area contributed by atoms with E-state index in [1.54, 1.807) is 6.07 Å². The molecule has 0 spiro atoms. The summed E-state index contributed by atoms with van der Waals surface area (Å²) in [7, 11) is 0. The van der Waals surface area contributed by atoms with Crippen molar-refractivity contribution in [2.24, 2.45) is 0 Å². The lowest BCUT2D eigenvalue weighted by Crippen LogP contribution is -2.16. The summed E-state index contributed by atoms with van der Waals surface area (Å²) in [6, 6.07) is 11.5. The summed E-state index contributed by atoms with van der Waals surface area (Å²) in [6.45, 7) is 0. The number of hydrogen-bond donors (Lipinski definition) is 3. The minimum Gasteiger partial charge on any atom is -0.478 e. The predicted molar refractivity (Wildman–Crippen MR) is 105 cm³/mol. The molecule has 0 atom stereocenters. The van der Waals surface area contributed by atoms with E-state index in [1.165, 1.54) is 47.1 Å². The fraction of sp³-hybridized carbons (Fsp3) is 0.0588. The Morgan fingerprint density at radius 2 is 1.93 bits per heavy atom. The van der Waals surface area contributed by atoms with E-state index in [0.717, 1.165) is 11.8 Å². The van der Waals surface area contributed by atoms with Gasteiger partial charge in [-0.15, -0.1) is 10.2 Å². The van der Waals surface area contributed by atoms with Crippen molar-refractivity contribution in [3.8, 4) is 11.4 Å². The van der Waals surface area contributed by atoms with Crippen LogP contribution in [0.25, 0.3) is 11.4 Å². The maximum Gasteiger partial charge on any atom is 0.335 e. The first kappa shape index (κ1) is 19.8. The molecule has 0 saturated carbocycles. The van der Waals surface area contributed by atoms with Crippen molar-refractivity contribution >= 4 is 35.0 Å². The van der Waals surface area contributed by atoms with Crippen LogP contribution in [0.4, 0.5) is 11.4 Å². The van der Waals surface area contributed by atoms with Crippen molar-refractivity contribution in [1.82, 2.24) is 14.9 Å². The van der Waals surface area contributed by atoms with Gasteiger partial charge < -0.3 is 16.3 Å². The standard InChI is InChI=1S/C17H14N6O5S/c18-22-15(10-4-6-13(7-5-10)23(27)28)20-21-17(22)29-9-14(24)19-12-3-1-2-11(8-12)16(25)26/h1-8H,9,18H2,(H,19,24)(H,25,26). The first-order valence-electron chi connectivity index (χ1n) is 8.06. The summed E-state index contributed by atoms with van der Waals surface area (Å²) in [4.78, 5) is 33.3. The number of aromatic carboxylic acids is 1. The molecule has 0 aliphatic rings. The summed E-state index contributed by atoms with van der Waals surface area (Å²) < 4.78 is 1.18. The number of nitro benzene ring substituents is 1. The maximum atomic E-state index is 12.1. The van der Waals surface area contributed by atoms with Gasteiger partial charge in [0.25, 0.3) is 5.69 Å². The number of aromatic nitrogens is 3. The van der Waals surface area contributed by atoms with E-state index in [0.29, 0.717) is 11.3 Å². The summed E-state index contributed by atoms with van der Waals surface area (Å²) in [5.41, 5.74) is 0.892. The topological polar surface area (TPSA) is 166 Å². The Morgan fingerprint density at radius 3 is 2.59 bits per heavy atom. The van der Waals surface area contributed by atoms with E-state index < -0.39 is 10.9 Å². The number of nitrogens with zero attached hydrogens (tertiary/aromatic N) is 4. The van der Waals surface area contributed by atoms with Crippen LogP contribution in [-0.2, 0) is 4.79 Å². The highest BCUT2D eigenvalue weighted by molar-refractivity contribution is 7.99. The fourth-order valence-corrected chi connectivity index (χ4v) is 3.02. The Morgan fingerprint density at radius 1 is 1.21 bits per heavy atom. The molecule has 0 aliphatic heterocycles. The molecular formula is C17H14N6O5S. The van der Waals surface area contributed by atoms with Crippen LogP contribution in [0, 0.1) is 10.1 Å². The third-order valence-corrected chi connectivity index (χ3v) is 4.67. The average molecular weight is 414 g/mol. The van der Waals surface area contributed by atoms with Gasteiger partial charge in [-0.25, -0.2) is 9.47 Å². The van der Waals surface area contributed by atoms with Gasteiger partial charge >= 0.3 is 5.97 Å². The normalized spacial score (nSPS) is 10.5. The molecule has 0 bridgehead atoms. The number of amides is 1. The number of benzene rings is 2. The molecule has 2 aromatic carbocycles. The van der Waals surface area contributed by atoms with E-state index in [9.17, 15) is 19.7 Å². The van der Waals surface area contributed by atoms with Crippen molar-refractivity contribution in [1.29, 1.82) is 0 Å². The van der Waals surface area contributed by atoms with Gasteiger partial charge in [-0.2, -0.15) is 0 Å². The van der Waals surface area contributed by atoms with Crippen LogP contribution in [0.1, 0.15) is 10.4 Å². The molecule has 3 rings (SSSR count). The summed E-state index contributed by atoms with van der Waals surface area (Å²) in [5, 5.41) is 30.5. The van der Waals surface area contributed by atoms with Crippen LogP contribution in [-0.4, -0.2) is 42.5 Å². The summed E-state index contributed by atoms with van der Waals surface area (Å²) >= 11 is 1.04. The van der Waals surface area contributed by atoms with Crippen molar-refractivity contribution in [2.45, 2.75) is 5.16 Å². The molecule has 0 unspecified atom stereocenters. The molecule has 29 heavy (non-hydrogen) atoms. The molecule has 3 aromatic rings. The number of nitro groups is 1. The molecule has 148 valence electrons. The average Bonchev–Trinajstić information content (AvgIpc) is 3.07. The molecule has 12 heteroatoms. The first-order valence-corrected chi connectivity index (χ1v) is 9.05. The van der Waals surface area contributed by atoms with Gasteiger partial charge in [-0.05, 0) is 30.3 Å². The van der Waals surface area contributed by atoms with Crippen molar-refractivity contribution in [3.63, 3.8) is 0 Å². The van der Waals surface area contributed by atoms with Crippen LogP contribution >= 0.6 is 11.8 Å². The van der Waals surface area contributed by atoms with E-state index in [1.807, 2.05) is 0 Å². The first-order chi connectivity index (χ1) is 13.8. The Labute approximate surface area is 167 Å². The zero-order valence-corrected chi connectivity index (χ0v) is 15.5. The highest BCUT2D eigenvalue weighted by Crippen LogP contribution is 2.23. The SMILES string of the molecule is Nn1c(SCC(=O)Nc2cccc(C(=O)O)c2)nnc1-c1ccc([N+](=O)[O-])cc1. The van der Waals surface area contributed by atoms with E-state index in [4.69, 9.17) is 10.9 Å². The highest BCUT2D eigenvalue weighted by atomic mass is 32.2. The summed E-state index contributed by atoms with van der Waals surface area (Å²) in [6.07, 6.45) is 0. The lowest BCUT2D eigenvalue weighted by Gasteiger charge is -2.06. The number of carboxylic acid groups (broad SMARTS) is 1. The molecular weight excluding hydrogens is 400 g/mol. The highest BCUT2D eigenvalue weighted by Gasteiger charge is 2.15. The Balaban J connectivity index is 1.64. The number of anilines is 1. The number of nitrogens with one attached hydrogen (secondary N) is 1. The molecule has 1 amide bonds. The number of non-ortho nitro benzene ring substituents is 1. The second-order valence-corrected chi connectivity index (χ2v) is 6.65.